The maximum Gasteiger partial charge on any atom is 0.318 e. The van der Waals surface area contributed by atoms with Crippen LogP contribution in [0.4, 0.5) is 0 Å². The molecule has 3 aliphatic carbocycles. The van der Waals surface area contributed by atoms with Gasteiger partial charge in [-0.15, -0.1) is 0 Å². The third kappa shape index (κ3) is 1.73. The van der Waals surface area contributed by atoms with E-state index in [-0.39, 0.29) is 41.4 Å². The van der Waals surface area contributed by atoms with E-state index in [0.717, 1.165) is 32.1 Å². The average molecular weight is 350 g/mol. The molecule has 0 aromatic rings. The summed E-state index contributed by atoms with van der Waals surface area (Å²) in [6.07, 6.45) is 4.72. The van der Waals surface area contributed by atoms with Crippen LogP contribution in [0.15, 0.2) is 0 Å². The Morgan fingerprint density at radius 1 is 1.32 bits per heavy atom. The van der Waals surface area contributed by atoms with Crippen LogP contribution in [0.5, 0.6) is 0 Å². The molecule has 8 atom stereocenters. The molecule has 3 heterocycles. The number of hydrogen-bond acceptors (Lipinski definition) is 6. The summed E-state index contributed by atoms with van der Waals surface area (Å²) < 4.78 is 17.4. The molecular formula is C19H26O6. The second-order valence-corrected chi connectivity index (χ2v) is 9.01. The van der Waals surface area contributed by atoms with Gasteiger partial charge in [0.2, 0.25) is 0 Å². The number of carbonyl (C=O) groups is 2. The van der Waals surface area contributed by atoms with Crippen molar-refractivity contribution in [1.82, 2.24) is 0 Å². The van der Waals surface area contributed by atoms with Gasteiger partial charge in [0.1, 0.15) is 17.6 Å². The average Bonchev–Trinajstić information content (AvgIpc) is 2.84. The lowest BCUT2D eigenvalue weighted by Gasteiger charge is -2.67. The Kier molecular flexibility index (Phi) is 3.06. The van der Waals surface area contributed by atoms with Crippen molar-refractivity contribution in [2.75, 3.05) is 6.61 Å². The van der Waals surface area contributed by atoms with Crippen molar-refractivity contribution < 1.29 is 28.9 Å². The minimum absolute atomic E-state index is 0.00247. The van der Waals surface area contributed by atoms with Crippen LogP contribution in [0.1, 0.15) is 52.4 Å². The van der Waals surface area contributed by atoms with Gasteiger partial charge in [0.05, 0.1) is 6.61 Å². The molecule has 6 fully saturated rings. The molecule has 138 valence electrons. The second kappa shape index (κ2) is 4.77. The van der Waals surface area contributed by atoms with Crippen molar-refractivity contribution in [3.63, 3.8) is 0 Å². The number of esters is 2. The molecule has 2 bridgehead atoms. The Morgan fingerprint density at radius 2 is 2.12 bits per heavy atom. The highest BCUT2D eigenvalue weighted by Gasteiger charge is 2.79. The smallest absolute Gasteiger partial charge is 0.318 e. The first-order chi connectivity index (χ1) is 11.8. The maximum absolute atomic E-state index is 12.8. The van der Waals surface area contributed by atoms with Crippen molar-refractivity contribution in [2.45, 2.75) is 70.4 Å². The van der Waals surface area contributed by atoms with Gasteiger partial charge in [-0.2, -0.15) is 0 Å². The zero-order valence-corrected chi connectivity index (χ0v) is 14.8. The van der Waals surface area contributed by atoms with Gasteiger partial charge in [-0.05, 0) is 44.9 Å². The number of hydrogen-bond donors (Lipinski definition) is 1. The molecule has 3 saturated carbocycles. The molecule has 3 saturated heterocycles. The van der Waals surface area contributed by atoms with E-state index in [2.05, 4.69) is 0 Å². The van der Waals surface area contributed by atoms with Crippen LogP contribution < -0.4 is 0 Å². The molecule has 25 heavy (non-hydrogen) atoms. The molecule has 1 N–H and O–H groups in total. The third-order valence-corrected chi connectivity index (χ3v) is 8.17. The largest absolute Gasteiger partial charge is 0.462 e. The van der Waals surface area contributed by atoms with Crippen LogP contribution in [0.2, 0.25) is 0 Å². The van der Waals surface area contributed by atoms with E-state index in [0.29, 0.717) is 18.9 Å². The highest BCUT2D eigenvalue weighted by atomic mass is 16.6. The summed E-state index contributed by atoms with van der Waals surface area (Å²) in [6.45, 7) is 3.77. The molecule has 3 aliphatic heterocycles. The standard InChI is InChI=1S/C19H26O6/c1-10(20)24-13-5-3-4-12-11(13)8-14-15-17(2,16(21)25-14)19(22)7-6-18(12,15)9-23-19/h11-15,22H,3-9H2,1-2H3/t11-,12+,13-,14+,15-,17+,18-,19-/m0/s1. The van der Waals surface area contributed by atoms with E-state index >= 15 is 0 Å². The summed E-state index contributed by atoms with van der Waals surface area (Å²) in [7, 11) is 0. The summed E-state index contributed by atoms with van der Waals surface area (Å²) >= 11 is 0. The zero-order valence-electron chi connectivity index (χ0n) is 14.8. The highest BCUT2D eigenvalue weighted by Crippen LogP contribution is 2.72. The van der Waals surface area contributed by atoms with Gasteiger partial charge in [-0.3, -0.25) is 9.59 Å². The lowest BCUT2D eigenvalue weighted by molar-refractivity contribution is -0.378. The minimum Gasteiger partial charge on any atom is -0.462 e. The highest BCUT2D eigenvalue weighted by molar-refractivity contribution is 5.81. The van der Waals surface area contributed by atoms with Crippen LogP contribution in [-0.2, 0) is 23.8 Å². The Hall–Kier alpha value is -1.14. The number of rotatable bonds is 1. The van der Waals surface area contributed by atoms with E-state index in [9.17, 15) is 14.7 Å². The molecule has 6 nitrogen and oxygen atoms in total. The van der Waals surface area contributed by atoms with Crippen LogP contribution >= 0.6 is 0 Å². The lowest BCUT2D eigenvalue weighted by Crippen LogP contribution is -2.73. The lowest BCUT2D eigenvalue weighted by atomic mass is 9.41. The maximum atomic E-state index is 12.8. The van der Waals surface area contributed by atoms with Crippen LogP contribution in [0, 0.1) is 28.6 Å². The molecule has 0 unspecified atom stereocenters. The molecule has 0 amide bonds. The fourth-order valence-electron chi connectivity index (χ4n) is 7.22. The SMILES string of the molecule is CC(=O)O[C@H]1CCC[C@@H]2[C@@H]1C[C@H]1OC(=O)[C@@]3(C)[C@H]1[C@]21CC[C@]3(O)OC1. The quantitative estimate of drug-likeness (QED) is 0.726. The van der Waals surface area contributed by atoms with Crippen LogP contribution in [-0.4, -0.2) is 41.6 Å². The van der Waals surface area contributed by atoms with Gasteiger partial charge in [0.15, 0.2) is 5.79 Å². The topological polar surface area (TPSA) is 82.1 Å². The zero-order chi connectivity index (χ0) is 17.6. The van der Waals surface area contributed by atoms with Crippen molar-refractivity contribution in [1.29, 1.82) is 0 Å². The van der Waals surface area contributed by atoms with Gasteiger partial charge in [0, 0.05) is 30.6 Å². The summed E-state index contributed by atoms with van der Waals surface area (Å²) in [5.74, 6) is -1.40. The van der Waals surface area contributed by atoms with E-state index in [1.54, 1.807) is 0 Å². The molecule has 6 aliphatic rings. The Labute approximate surface area is 147 Å². The molecule has 1 spiro atoms. The Morgan fingerprint density at radius 3 is 2.80 bits per heavy atom. The van der Waals surface area contributed by atoms with Gasteiger partial charge in [-0.25, -0.2) is 0 Å². The van der Waals surface area contributed by atoms with Crippen molar-refractivity contribution >= 4 is 11.9 Å². The van der Waals surface area contributed by atoms with E-state index in [1.165, 1.54) is 6.92 Å². The normalized spacial score (nSPS) is 56.0. The summed E-state index contributed by atoms with van der Waals surface area (Å²) in [5.41, 5.74) is -1.13. The fourth-order valence-corrected chi connectivity index (χ4v) is 7.22. The number of carbonyl (C=O) groups excluding carboxylic acids is 2. The predicted molar refractivity (Wildman–Crippen MR) is 85.0 cm³/mol. The van der Waals surface area contributed by atoms with Gasteiger partial charge < -0.3 is 19.3 Å². The third-order valence-electron chi connectivity index (χ3n) is 8.17. The number of ether oxygens (including phenoxy) is 3. The molecule has 0 aromatic heterocycles. The van der Waals surface area contributed by atoms with Crippen LogP contribution in [0.3, 0.4) is 0 Å². The number of aliphatic hydroxyl groups is 1. The molecule has 0 radical (unpaired) electrons. The number of fused-ring (bicyclic) bond motifs is 3. The summed E-state index contributed by atoms with van der Waals surface area (Å²) in [6, 6.07) is 0. The first-order valence-electron chi connectivity index (χ1n) is 9.56. The Bertz CT molecular complexity index is 636. The van der Waals surface area contributed by atoms with E-state index < -0.39 is 11.2 Å². The van der Waals surface area contributed by atoms with Gasteiger partial charge >= 0.3 is 11.9 Å². The molecule has 0 aromatic carbocycles. The monoisotopic (exact) mass is 350 g/mol. The fraction of sp³-hybridized carbons (Fsp3) is 0.895. The van der Waals surface area contributed by atoms with Gasteiger partial charge in [-0.1, -0.05) is 0 Å². The summed E-state index contributed by atoms with van der Waals surface area (Å²) in [4.78, 5) is 24.3. The molecular weight excluding hydrogens is 324 g/mol. The van der Waals surface area contributed by atoms with Crippen molar-refractivity contribution in [3.05, 3.63) is 0 Å². The van der Waals surface area contributed by atoms with Crippen LogP contribution in [0.25, 0.3) is 0 Å². The molecule has 6 rings (SSSR count). The Balaban J connectivity index is 1.59. The van der Waals surface area contributed by atoms with E-state index in [1.807, 2.05) is 6.92 Å². The van der Waals surface area contributed by atoms with Gasteiger partial charge in [0.25, 0.3) is 0 Å². The minimum atomic E-state index is -1.40. The van der Waals surface area contributed by atoms with Crippen molar-refractivity contribution in [3.8, 4) is 0 Å². The molecule has 6 heteroatoms. The summed E-state index contributed by atoms with van der Waals surface area (Å²) in [5, 5.41) is 11.0. The first-order valence-corrected chi connectivity index (χ1v) is 9.56. The predicted octanol–water partition coefficient (Wildman–Crippen LogP) is 1.78. The second-order valence-electron chi connectivity index (χ2n) is 9.01. The van der Waals surface area contributed by atoms with E-state index in [4.69, 9.17) is 14.2 Å². The van der Waals surface area contributed by atoms with Crippen molar-refractivity contribution in [2.24, 2.45) is 28.6 Å². The first kappa shape index (κ1) is 16.1.